The van der Waals surface area contributed by atoms with Crippen LogP contribution in [0.2, 0.25) is 0 Å². The summed E-state index contributed by atoms with van der Waals surface area (Å²) in [7, 11) is 0. The van der Waals surface area contributed by atoms with Gasteiger partial charge in [-0.1, -0.05) is 0 Å². The van der Waals surface area contributed by atoms with Gasteiger partial charge < -0.3 is 20.7 Å². The summed E-state index contributed by atoms with van der Waals surface area (Å²) in [6.45, 7) is 12.5. The first kappa shape index (κ1) is 14.3. The highest BCUT2D eigenvalue weighted by Gasteiger charge is 2.17. The van der Waals surface area contributed by atoms with Gasteiger partial charge in [-0.05, 0) is 27.7 Å². The third-order valence-electron chi connectivity index (χ3n) is 2.61. The third kappa shape index (κ3) is 5.89. The van der Waals surface area contributed by atoms with Crippen molar-refractivity contribution in [2.24, 2.45) is 10.7 Å². The van der Waals surface area contributed by atoms with Crippen molar-refractivity contribution in [1.82, 2.24) is 10.2 Å². The zero-order valence-electron chi connectivity index (χ0n) is 11.5. The summed E-state index contributed by atoms with van der Waals surface area (Å²) < 4.78 is 5.46. The summed E-state index contributed by atoms with van der Waals surface area (Å²) >= 11 is 0. The van der Waals surface area contributed by atoms with Gasteiger partial charge in [0.25, 0.3) is 0 Å². The molecule has 0 amide bonds. The van der Waals surface area contributed by atoms with Gasteiger partial charge in [0, 0.05) is 25.2 Å². The van der Waals surface area contributed by atoms with Crippen LogP contribution in [-0.2, 0) is 4.74 Å². The molecule has 17 heavy (non-hydrogen) atoms. The Hall–Kier alpha value is -0.810. The monoisotopic (exact) mass is 242 g/mol. The zero-order valence-corrected chi connectivity index (χ0v) is 11.5. The van der Waals surface area contributed by atoms with E-state index in [9.17, 15) is 0 Å². The number of guanidine groups is 1. The molecule has 1 atom stereocenters. The largest absolute Gasteiger partial charge is 0.375 e. The summed E-state index contributed by atoms with van der Waals surface area (Å²) in [6.07, 6.45) is 0.241. The lowest BCUT2D eigenvalue weighted by atomic mass is 10.1. The molecule has 0 saturated carbocycles. The van der Waals surface area contributed by atoms with Crippen molar-refractivity contribution in [2.75, 3.05) is 32.8 Å². The van der Waals surface area contributed by atoms with Crippen molar-refractivity contribution in [3.63, 3.8) is 0 Å². The van der Waals surface area contributed by atoms with E-state index >= 15 is 0 Å². The quantitative estimate of drug-likeness (QED) is 0.427. The highest BCUT2D eigenvalue weighted by molar-refractivity contribution is 5.78. The Morgan fingerprint density at radius 2 is 2.24 bits per heavy atom. The molecule has 5 heteroatoms. The number of nitrogens with one attached hydrogen (secondary N) is 1. The minimum absolute atomic E-state index is 0.137. The van der Waals surface area contributed by atoms with Crippen LogP contribution in [-0.4, -0.2) is 55.3 Å². The highest BCUT2D eigenvalue weighted by atomic mass is 16.5. The second-order valence-electron chi connectivity index (χ2n) is 5.54. The van der Waals surface area contributed by atoms with Crippen LogP contribution >= 0.6 is 0 Å². The van der Waals surface area contributed by atoms with Crippen LogP contribution in [0.5, 0.6) is 0 Å². The average Bonchev–Trinajstić information content (AvgIpc) is 2.23. The Morgan fingerprint density at radius 1 is 1.53 bits per heavy atom. The van der Waals surface area contributed by atoms with Crippen molar-refractivity contribution < 1.29 is 4.74 Å². The smallest absolute Gasteiger partial charge is 0.191 e. The maximum atomic E-state index is 5.95. The Kier molecular flexibility index (Phi) is 5.21. The predicted octanol–water partition coefficient (Wildman–Crippen LogP) is 0.410. The maximum Gasteiger partial charge on any atom is 0.191 e. The summed E-state index contributed by atoms with van der Waals surface area (Å²) in [5.41, 5.74) is 6.09. The molecule has 0 aromatic heterocycles. The molecule has 5 nitrogen and oxygen atoms in total. The van der Waals surface area contributed by atoms with Crippen LogP contribution in [0.1, 0.15) is 27.7 Å². The van der Waals surface area contributed by atoms with E-state index < -0.39 is 0 Å². The van der Waals surface area contributed by atoms with Gasteiger partial charge in [-0.3, -0.25) is 4.99 Å². The highest BCUT2D eigenvalue weighted by Crippen LogP contribution is 2.03. The van der Waals surface area contributed by atoms with Crippen molar-refractivity contribution in [2.45, 2.75) is 39.3 Å². The molecule has 1 unspecified atom stereocenters. The maximum absolute atomic E-state index is 5.95. The van der Waals surface area contributed by atoms with Crippen molar-refractivity contribution in [1.29, 1.82) is 0 Å². The number of rotatable bonds is 3. The molecule has 0 radical (unpaired) electrons. The molecule has 3 N–H and O–H groups in total. The summed E-state index contributed by atoms with van der Waals surface area (Å²) in [4.78, 5) is 6.48. The molecule has 0 aliphatic carbocycles. The van der Waals surface area contributed by atoms with Crippen LogP contribution in [0.3, 0.4) is 0 Å². The first-order chi connectivity index (χ1) is 7.88. The minimum Gasteiger partial charge on any atom is -0.375 e. The van der Waals surface area contributed by atoms with Crippen LogP contribution in [0.15, 0.2) is 4.99 Å². The van der Waals surface area contributed by atoms with E-state index in [-0.39, 0.29) is 11.6 Å². The first-order valence-corrected chi connectivity index (χ1v) is 6.30. The van der Waals surface area contributed by atoms with E-state index in [2.05, 4.69) is 42.9 Å². The van der Waals surface area contributed by atoms with E-state index in [0.29, 0.717) is 5.96 Å². The van der Waals surface area contributed by atoms with Gasteiger partial charge in [0.2, 0.25) is 0 Å². The molecule has 0 aromatic rings. The van der Waals surface area contributed by atoms with E-state index in [1.807, 2.05) is 0 Å². The fraction of sp³-hybridized carbons (Fsp3) is 0.917. The van der Waals surface area contributed by atoms with E-state index in [0.717, 1.165) is 32.8 Å². The molecule has 0 bridgehead atoms. The SMILES string of the molecule is CC1CN(C(N)=NCCNC(C)(C)C)CCO1. The number of ether oxygens (including phenoxy) is 1. The summed E-state index contributed by atoms with van der Waals surface area (Å²) in [5, 5.41) is 3.38. The second-order valence-corrected chi connectivity index (χ2v) is 5.54. The summed E-state index contributed by atoms with van der Waals surface area (Å²) in [6, 6.07) is 0. The minimum atomic E-state index is 0.137. The van der Waals surface area contributed by atoms with E-state index in [1.54, 1.807) is 0 Å². The van der Waals surface area contributed by atoms with Gasteiger partial charge in [-0.15, -0.1) is 0 Å². The lowest BCUT2D eigenvalue weighted by Gasteiger charge is -2.31. The Balaban J connectivity index is 2.28. The van der Waals surface area contributed by atoms with E-state index in [1.165, 1.54) is 0 Å². The summed E-state index contributed by atoms with van der Waals surface area (Å²) in [5.74, 6) is 0.635. The van der Waals surface area contributed by atoms with Crippen molar-refractivity contribution in [3.8, 4) is 0 Å². The van der Waals surface area contributed by atoms with Gasteiger partial charge in [0.1, 0.15) is 0 Å². The first-order valence-electron chi connectivity index (χ1n) is 6.30. The molecule has 1 saturated heterocycles. The molecule has 1 rings (SSSR count). The van der Waals surface area contributed by atoms with Crippen LogP contribution in [0.4, 0.5) is 0 Å². The molecule has 1 fully saturated rings. The lowest BCUT2D eigenvalue weighted by molar-refractivity contribution is 0.00530. The molecule has 100 valence electrons. The normalized spacial score (nSPS) is 22.9. The predicted molar refractivity (Wildman–Crippen MR) is 71.2 cm³/mol. The molecular formula is C12H26N4O. The number of nitrogens with zero attached hydrogens (tertiary/aromatic N) is 2. The average molecular weight is 242 g/mol. The van der Waals surface area contributed by atoms with Gasteiger partial charge in [0.15, 0.2) is 5.96 Å². The number of aliphatic imine (C=N–C) groups is 1. The standard InChI is InChI=1S/C12H26N4O/c1-10-9-16(7-8-17-10)11(13)14-5-6-15-12(2,3)4/h10,15H,5-9H2,1-4H3,(H2,13,14). The van der Waals surface area contributed by atoms with Gasteiger partial charge in [-0.2, -0.15) is 0 Å². The Morgan fingerprint density at radius 3 is 2.82 bits per heavy atom. The fourth-order valence-corrected chi connectivity index (χ4v) is 1.73. The molecule has 1 aliphatic rings. The second kappa shape index (κ2) is 6.21. The number of nitrogens with two attached hydrogens (primary N) is 1. The Bertz CT molecular complexity index is 260. The van der Waals surface area contributed by atoms with Crippen LogP contribution in [0, 0.1) is 0 Å². The van der Waals surface area contributed by atoms with Crippen LogP contribution in [0.25, 0.3) is 0 Å². The lowest BCUT2D eigenvalue weighted by Crippen LogP contribution is -2.48. The van der Waals surface area contributed by atoms with Crippen molar-refractivity contribution >= 4 is 5.96 Å². The zero-order chi connectivity index (χ0) is 12.9. The van der Waals surface area contributed by atoms with Crippen LogP contribution < -0.4 is 11.1 Å². The third-order valence-corrected chi connectivity index (χ3v) is 2.61. The van der Waals surface area contributed by atoms with Gasteiger partial charge in [-0.25, -0.2) is 0 Å². The Labute approximate surface area is 104 Å². The van der Waals surface area contributed by atoms with Crippen molar-refractivity contribution in [3.05, 3.63) is 0 Å². The van der Waals surface area contributed by atoms with Gasteiger partial charge in [0.05, 0.1) is 19.3 Å². The molecule has 1 aliphatic heterocycles. The van der Waals surface area contributed by atoms with E-state index in [4.69, 9.17) is 10.5 Å². The number of hydrogen-bond donors (Lipinski definition) is 2. The van der Waals surface area contributed by atoms with Gasteiger partial charge >= 0.3 is 0 Å². The topological polar surface area (TPSA) is 62.9 Å². The molecule has 0 spiro atoms. The molecular weight excluding hydrogens is 216 g/mol. The number of hydrogen-bond acceptors (Lipinski definition) is 3. The molecule has 0 aromatic carbocycles. The molecule has 1 heterocycles. The number of morpholine rings is 1. The fourth-order valence-electron chi connectivity index (χ4n) is 1.73.